The maximum Gasteiger partial charge on any atom is 0.142 e. The minimum absolute atomic E-state index is 0.109. The summed E-state index contributed by atoms with van der Waals surface area (Å²) < 4.78 is 13.4. The maximum absolute atomic E-state index is 13.4. The van der Waals surface area contributed by atoms with Crippen molar-refractivity contribution in [3.05, 3.63) is 69.5 Å². The molecule has 2 aromatic rings. The molecule has 1 N–H and O–H groups in total. The minimum atomic E-state index is -0.531. The quantitative estimate of drug-likeness (QED) is 0.893. The van der Waals surface area contributed by atoms with Crippen LogP contribution in [0.15, 0.2) is 36.4 Å². The number of hydrogen-bond acceptors (Lipinski definition) is 1. The number of aliphatic hydroxyl groups excluding tert-OH is 1. The van der Waals surface area contributed by atoms with Crippen LogP contribution in [0.2, 0.25) is 5.02 Å². The van der Waals surface area contributed by atoms with E-state index in [-0.39, 0.29) is 5.02 Å². The smallest absolute Gasteiger partial charge is 0.142 e. The third-order valence-corrected chi connectivity index (χ3v) is 3.72. The van der Waals surface area contributed by atoms with Gasteiger partial charge in [-0.15, -0.1) is 0 Å². The molecule has 3 heteroatoms. The fraction of sp³-hybridized carbons (Fsp3) is 0.294. The lowest BCUT2D eigenvalue weighted by Gasteiger charge is -2.13. The lowest BCUT2D eigenvalue weighted by atomic mass is 9.97. The van der Waals surface area contributed by atoms with E-state index in [2.05, 4.69) is 18.2 Å². The number of halogens is 2. The van der Waals surface area contributed by atoms with Crippen LogP contribution in [0.3, 0.4) is 0 Å². The zero-order valence-corrected chi connectivity index (χ0v) is 12.4. The Morgan fingerprint density at radius 2 is 1.85 bits per heavy atom. The topological polar surface area (TPSA) is 20.2 Å². The highest BCUT2D eigenvalue weighted by molar-refractivity contribution is 6.30. The van der Waals surface area contributed by atoms with Crippen LogP contribution in [-0.2, 0) is 12.8 Å². The normalized spacial score (nSPS) is 12.4. The van der Waals surface area contributed by atoms with E-state index in [4.69, 9.17) is 11.6 Å². The summed E-state index contributed by atoms with van der Waals surface area (Å²) in [5.41, 5.74) is 4.23. The average Bonchev–Trinajstić information content (AvgIpc) is 2.38. The lowest BCUT2D eigenvalue weighted by Crippen LogP contribution is -2.15. The van der Waals surface area contributed by atoms with E-state index in [1.54, 1.807) is 6.07 Å². The Bertz CT molecular complexity index is 610. The molecule has 0 radical (unpaired) electrons. The first-order valence-electron chi connectivity index (χ1n) is 6.64. The van der Waals surface area contributed by atoms with Crippen LogP contribution in [0.1, 0.15) is 22.3 Å². The van der Waals surface area contributed by atoms with Gasteiger partial charge in [-0.3, -0.25) is 0 Å². The summed E-state index contributed by atoms with van der Waals surface area (Å²) >= 11 is 5.65. The third kappa shape index (κ3) is 3.81. The van der Waals surface area contributed by atoms with E-state index in [0.717, 1.165) is 16.7 Å². The monoisotopic (exact) mass is 292 g/mol. The Morgan fingerprint density at radius 3 is 2.55 bits per heavy atom. The second-order valence-corrected chi connectivity index (χ2v) is 5.65. The minimum Gasteiger partial charge on any atom is -0.392 e. The van der Waals surface area contributed by atoms with Gasteiger partial charge >= 0.3 is 0 Å². The highest BCUT2D eigenvalue weighted by Crippen LogP contribution is 2.18. The van der Waals surface area contributed by atoms with E-state index < -0.39 is 11.9 Å². The van der Waals surface area contributed by atoms with E-state index >= 15 is 0 Å². The van der Waals surface area contributed by atoms with Crippen LogP contribution >= 0.6 is 11.6 Å². The molecule has 0 aromatic heterocycles. The first-order chi connectivity index (χ1) is 9.45. The number of rotatable bonds is 4. The van der Waals surface area contributed by atoms with Gasteiger partial charge in [0.05, 0.1) is 11.1 Å². The average molecular weight is 293 g/mol. The van der Waals surface area contributed by atoms with Gasteiger partial charge in [-0.2, -0.15) is 0 Å². The number of hydrogen-bond donors (Lipinski definition) is 1. The van der Waals surface area contributed by atoms with Crippen molar-refractivity contribution in [2.24, 2.45) is 0 Å². The van der Waals surface area contributed by atoms with Crippen LogP contribution in [0.4, 0.5) is 4.39 Å². The largest absolute Gasteiger partial charge is 0.392 e. The van der Waals surface area contributed by atoms with E-state index in [1.165, 1.54) is 17.7 Å². The Labute approximate surface area is 124 Å². The Kier molecular flexibility index (Phi) is 4.79. The molecule has 0 saturated heterocycles. The van der Waals surface area contributed by atoms with Crippen molar-refractivity contribution < 1.29 is 9.50 Å². The Morgan fingerprint density at radius 1 is 1.10 bits per heavy atom. The zero-order valence-electron chi connectivity index (χ0n) is 11.7. The molecule has 0 fully saturated rings. The zero-order chi connectivity index (χ0) is 14.7. The lowest BCUT2D eigenvalue weighted by molar-refractivity contribution is 0.175. The van der Waals surface area contributed by atoms with Crippen LogP contribution in [0, 0.1) is 19.7 Å². The number of aliphatic hydroxyl groups is 1. The summed E-state index contributed by atoms with van der Waals surface area (Å²) in [6, 6.07) is 10.9. The fourth-order valence-electron chi connectivity index (χ4n) is 2.28. The second-order valence-electron chi connectivity index (χ2n) is 5.24. The van der Waals surface area contributed by atoms with Gasteiger partial charge in [0.1, 0.15) is 5.82 Å². The molecule has 0 bridgehead atoms. The van der Waals surface area contributed by atoms with Crippen LogP contribution in [-0.4, -0.2) is 11.2 Å². The van der Waals surface area contributed by atoms with E-state index in [1.807, 2.05) is 13.8 Å². The molecule has 0 aliphatic rings. The van der Waals surface area contributed by atoms with Crippen molar-refractivity contribution in [2.75, 3.05) is 0 Å². The molecule has 0 heterocycles. The second kappa shape index (κ2) is 6.38. The van der Waals surface area contributed by atoms with Crippen molar-refractivity contribution >= 4 is 11.6 Å². The first kappa shape index (κ1) is 15.0. The fourth-order valence-corrected chi connectivity index (χ4v) is 2.40. The van der Waals surface area contributed by atoms with Gasteiger partial charge in [0, 0.05) is 0 Å². The van der Waals surface area contributed by atoms with Gasteiger partial charge in [-0.1, -0.05) is 41.4 Å². The molecule has 2 rings (SSSR count). The SMILES string of the molecule is Cc1ccc(C)c(CC(O)Cc2ccc(Cl)c(F)c2)c1. The summed E-state index contributed by atoms with van der Waals surface area (Å²) in [4.78, 5) is 0. The number of aryl methyl sites for hydroxylation is 2. The molecule has 1 atom stereocenters. The third-order valence-electron chi connectivity index (χ3n) is 3.42. The van der Waals surface area contributed by atoms with Crippen LogP contribution < -0.4 is 0 Å². The summed E-state index contributed by atoms with van der Waals surface area (Å²) in [6.45, 7) is 4.06. The molecule has 0 aliphatic heterocycles. The summed E-state index contributed by atoms with van der Waals surface area (Å²) in [5.74, 6) is -0.442. The van der Waals surface area contributed by atoms with Crippen molar-refractivity contribution in [1.29, 1.82) is 0 Å². The molecule has 1 unspecified atom stereocenters. The highest BCUT2D eigenvalue weighted by atomic mass is 35.5. The van der Waals surface area contributed by atoms with E-state index in [0.29, 0.717) is 12.8 Å². The predicted molar refractivity (Wildman–Crippen MR) is 80.7 cm³/mol. The van der Waals surface area contributed by atoms with Crippen molar-refractivity contribution in [2.45, 2.75) is 32.8 Å². The molecule has 20 heavy (non-hydrogen) atoms. The molecule has 106 valence electrons. The number of benzene rings is 2. The predicted octanol–water partition coefficient (Wildman–Crippen LogP) is 4.24. The molecule has 0 aliphatic carbocycles. The highest BCUT2D eigenvalue weighted by Gasteiger charge is 2.10. The molecule has 0 saturated carbocycles. The van der Waals surface area contributed by atoms with Gasteiger partial charge in [0.25, 0.3) is 0 Å². The van der Waals surface area contributed by atoms with Gasteiger partial charge in [-0.25, -0.2) is 4.39 Å². The standard InChI is InChI=1S/C17H18ClFO/c1-11-3-4-12(2)14(7-11)10-15(20)8-13-5-6-16(18)17(19)9-13/h3-7,9,15,20H,8,10H2,1-2H3. The summed E-state index contributed by atoms with van der Waals surface area (Å²) in [7, 11) is 0. The van der Waals surface area contributed by atoms with Gasteiger partial charge < -0.3 is 5.11 Å². The molecular weight excluding hydrogens is 275 g/mol. The Balaban J connectivity index is 2.06. The van der Waals surface area contributed by atoms with Crippen LogP contribution in [0.5, 0.6) is 0 Å². The van der Waals surface area contributed by atoms with Crippen molar-refractivity contribution in [3.63, 3.8) is 0 Å². The van der Waals surface area contributed by atoms with Gasteiger partial charge in [0.15, 0.2) is 0 Å². The van der Waals surface area contributed by atoms with Gasteiger partial charge in [0.2, 0.25) is 0 Å². The maximum atomic E-state index is 13.4. The molecular formula is C17H18ClFO. The molecule has 0 spiro atoms. The summed E-state index contributed by atoms with van der Waals surface area (Å²) in [6.07, 6.45) is 0.454. The molecule has 0 amide bonds. The van der Waals surface area contributed by atoms with Crippen molar-refractivity contribution in [3.8, 4) is 0 Å². The molecule has 2 aromatic carbocycles. The van der Waals surface area contributed by atoms with E-state index in [9.17, 15) is 9.50 Å². The Hall–Kier alpha value is -1.38. The molecule has 1 nitrogen and oxygen atoms in total. The van der Waals surface area contributed by atoms with Crippen LogP contribution in [0.25, 0.3) is 0 Å². The van der Waals surface area contributed by atoms with Gasteiger partial charge in [-0.05, 0) is 55.5 Å². The van der Waals surface area contributed by atoms with Crippen molar-refractivity contribution in [1.82, 2.24) is 0 Å². The first-order valence-corrected chi connectivity index (χ1v) is 7.01. The summed E-state index contributed by atoms with van der Waals surface area (Å²) in [5, 5.41) is 10.3.